The molecule has 56 valence electrons. The molecular formula is C7H18N2. The monoisotopic (exact) mass is 130 g/mol. The zero-order chi connectivity index (χ0) is 7.28. The van der Waals surface area contributed by atoms with Crippen molar-refractivity contribution < 1.29 is 0 Å². The molecule has 1 unspecified atom stereocenters. The summed E-state index contributed by atoms with van der Waals surface area (Å²) in [4.78, 5) is 2.13. The van der Waals surface area contributed by atoms with Crippen molar-refractivity contribution in [2.75, 3.05) is 20.6 Å². The first kappa shape index (κ1) is 8.92. The zero-order valence-corrected chi connectivity index (χ0v) is 6.72. The fourth-order valence-corrected chi connectivity index (χ4v) is 0.931. The Bertz CT molecular complexity index is 61.9. The van der Waals surface area contributed by atoms with E-state index < -0.39 is 0 Å². The highest BCUT2D eigenvalue weighted by molar-refractivity contribution is 4.62. The highest BCUT2D eigenvalue weighted by atomic mass is 15.1. The summed E-state index contributed by atoms with van der Waals surface area (Å²) in [7, 11) is 4.10. The van der Waals surface area contributed by atoms with E-state index in [1.54, 1.807) is 0 Å². The van der Waals surface area contributed by atoms with Crippen LogP contribution in [0.5, 0.6) is 0 Å². The van der Waals surface area contributed by atoms with E-state index in [-0.39, 0.29) is 0 Å². The average molecular weight is 130 g/mol. The SMILES string of the molecule is CCCC(N)CN(C)C. The van der Waals surface area contributed by atoms with Crippen LogP contribution in [-0.2, 0) is 0 Å². The summed E-state index contributed by atoms with van der Waals surface area (Å²) in [5.74, 6) is 0. The molecule has 0 aromatic carbocycles. The smallest absolute Gasteiger partial charge is 0.0167 e. The Hall–Kier alpha value is -0.0800. The maximum absolute atomic E-state index is 5.74. The lowest BCUT2D eigenvalue weighted by Crippen LogP contribution is -2.32. The molecule has 0 saturated heterocycles. The molecule has 0 aliphatic rings. The highest BCUT2D eigenvalue weighted by Crippen LogP contribution is 1.93. The third-order valence-electron chi connectivity index (χ3n) is 1.26. The minimum absolute atomic E-state index is 0.366. The molecule has 9 heavy (non-hydrogen) atoms. The maximum Gasteiger partial charge on any atom is 0.0167 e. The highest BCUT2D eigenvalue weighted by Gasteiger charge is 2.00. The molecule has 0 heterocycles. The van der Waals surface area contributed by atoms with Gasteiger partial charge in [0.25, 0.3) is 0 Å². The van der Waals surface area contributed by atoms with E-state index in [0.717, 1.165) is 13.0 Å². The first-order valence-electron chi connectivity index (χ1n) is 3.57. The average Bonchev–Trinajstić information content (AvgIpc) is 1.63. The fraction of sp³-hybridized carbons (Fsp3) is 1.00. The second kappa shape index (κ2) is 4.77. The van der Waals surface area contributed by atoms with Gasteiger partial charge < -0.3 is 10.6 Å². The molecule has 0 rings (SSSR count). The molecule has 0 aliphatic heterocycles. The molecule has 2 nitrogen and oxygen atoms in total. The van der Waals surface area contributed by atoms with Gasteiger partial charge in [-0.05, 0) is 20.5 Å². The number of nitrogens with zero attached hydrogens (tertiary/aromatic N) is 1. The summed E-state index contributed by atoms with van der Waals surface area (Å²) >= 11 is 0. The molecule has 0 aliphatic carbocycles. The Morgan fingerprint density at radius 1 is 1.44 bits per heavy atom. The first-order valence-corrected chi connectivity index (χ1v) is 3.57. The van der Waals surface area contributed by atoms with Gasteiger partial charge in [0.05, 0.1) is 0 Å². The van der Waals surface area contributed by atoms with Crippen LogP contribution in [0.1, 0.15) is 19.8 Å². The standard InChI is InChI=1S/C7H18N2/c1-4-5-7(8)6-9(2)3/h7H,4-6,8H2,1-3H3. The van der Waals surface area contributed by atoms with Crippen LogP contribution in [0.2, 0.25) is 0 Å². The van der Waals surface area contributed by atoms with Gasteiger partial charge in [0.15, 0.2) is 0 Å². The van der Waals surface area contributed by atoms with Crippen LogP contribution >= 0.6 is 0 Å². The lowest BCUT2D eigenvalue weighted by molar-refractivity contribution is 0.362. The van der Waals surface area contributed by atoms with Gasteiger partial charge in [0, 0.05) is 12.6 Å². The minimum Gasteiger partial charge on any atom is -0.327 e. The summed E-state index contributed by atoms with van der Waals surface area (Å²) in [5, 5.41) is 0. The normalized spacial score (nSPS) is 14.3. The molecule has 1 atom stereocenters. The fourth-order valence-electron chi connectivity index (χ4n) is 0.931. The Morgan fingerprint density at radius 3 is 2.33 bits per heavy atom. The Labute approximate surface area is 58.0 Å². The summed E-state index contributed by atoms with van der Waals surface area (Å²) in [5.41, 5.74) is 5.74. The van der Waals surface area contributed by atoms with Gasteiger partial charge in [0.1, 0.15) is 0 Å². The quantitative estimate of drug-likeness (QED) is 0.606. The lowest BCUT2D eigenvalue weighted by atomic mass is 10.2. The Kier molecular flexibility index (Phi) is 4.72. The third kappa shape index (κ3) is 5.80. The molecule has 0 bridgehead atoms. The van der Waals surface area contributed by atoms with E-state index in [1.807, 2.05) is 0 Å². The topological polar surface area (TPSA) is 29.3 Å². The van der Waals surface area contributed by atoms with Crippen molar-refractivity contribution >= 4 is 0 Å². The van der Waals surface area contributed by atoms with Crippen molar-refractivity contribution in [3.8, 4) is 0 Å². The predicted molar refractivity (Wildman–Crippen MR) is 41.4 cm³/mol. The Morgan fingerprint density at radius 2 is 2.00 bits per heavy atom. The maximum atomic E-state index is 5.74. The number of nitrogens with two attached hydrogens (primary N) is 1. The third-order valence-corrected chi connectivity index (χ3v) is 1.26. The zero-order valence-electron chi connectivity index (χ0n) is 6.72. The van der Waals surface area contributed by atoms with Crippen LogP contribution in [0.4, 0.5) is 0 Å². The molecule has 0 radical (unpaired) electrons. The van der Waals surface area contributed by atoms with Crippen molar-refractivity contribution in [3.63, 3.8) is 0 Å². The summed E-state index contributed by atoms with van der Waals surface area (Å²) < 4.78 is 0. The van der Waals surface area contributed by atoms with Crippen LogP contribution in [0, 0.1) is 0 Å². The van der Waals surface area contributed by atoms with Gasteiger partial charge in [-0.1, -0.05) is 13.3 Å². The number of hydrogen-bond donors (Lipinski definition) is 1. The summed E-state index contributed by atoms with van der Waals surface area (Å²) in [6.07, 6.45) is 2.33. The molecule has 0 spiro atoms. The van der Waals surface area contributed by atoms with Gasteiger partial charge in [-0.2, -0.15) is 0 Å². The van der Waals surface area contributed by atoms with Crippen LogP contribution in [0.3, 0.4) is 0 Å². The number of hydrogen-bond acceptors (Lipinski definition) is 2. The summed E-state index contributed by atoms with van der Waals surface area (Å²) in [6, 6.07) is 0.366. The number of rotatable bonds is 4. The van der Waals surface area contributed by atoms with Crippen LogP contribution in [0.15, 0.2) is 0 Å². The van der Waals surface area contributed by atoms with Gasteiger partial charge >= 0.3 is 0 Å². The lowest BCUT2D eigenvalue weighted by Gasteiger charge is -2.15. The van der Waals surface area contributed by atoms with E-state index in [0.29, 0.717) is 6.04 Å². The van der Waals surface area contributed by atoms with E-state index in [4.69, 9.17) is 5.73 Å². The minimum atomic E-state index is 0.366. The second-order valence-electron chi connectivity index (χ2n) is 2.81. The van der Waals surface area contributed by atoms with Gasteiger partial charge in [-0.3, -0.25) is 0 Å². The summed E-state index contributed by atoms with van der Waals surface area (Å²) in [6.45, 7) is 3.17. The van der Waals surface area contributed by atoms with Gasteiger partial charge in [-0.25, -0.2) is 0 Å². The van der Waals surface area contributed by atoms with E-state index in [2.05, 4.69) is 25.9 Å². The van der Waals surface area contributed by atoms with Crippen molar-refractivity contribution in [3.05, 3.63) is 0 Å². The molecule has 0 fully saturated rings. The van der Waals surface area contributed by atoms with Crippen LogP contribution in [-0.4, -0.2) is 31.6 Å². The van der Waals surface area contributed by atoms with Crippen LogP contribution in [0.25, 0.3) is 0 Å². The Balaban J connectivity index is 3.15. The van der Waals surface area contributed by atoms with Crippen molar-refractivity contribution in [1.29, 1.82) is 0 Å². The molecule has 0 aromatic rings. The van der Waals surface area contributed by atoms with E-state index in [1.165, 1.54) is 6.42 Å². The van der Waals surface area contributed by atoms with Gasteiger partial charge in [0.2, 0.25) is 0 Å². The number of likely N-dealkylation sites (N-methyl/N-ethyl adjacent to an activating group) is 1. The largest absolute Gasteiger partial charge is 0.327 e. The van der Waals surface area contributed by atoms with Crippen molar-refractivity contribution in [2.24, 2.45) is 5.73 Å². The predicted octanol–water partition coefficient (Wildman–Crippen LogP) is 0.675. The van der Waals surface area contributed by atoms with Gasteiger partial charge in [-0.15, -0.1) is 0 Å². The van der Waals surface area contributed by atoms with Crippen molar-refractivity contribution in [2.45, 2.75) is 25.8 Å². The first-order chi connectivity index (χ1) is 4.16. The molecule has 2 heteroatoms. The second-order valence-corrected chi connectivity index (χ2v) is 2.81. The van der Waals surface area contributed by atoms with E-state index in [9.17, 15) is 0 Å². The van der Waals surface area contributed by atoms with Crippen LogP contribution < -0.4 is 5.73 Å². The molecule has 2 N–H and O–H groups in total. The molecule has 0 amide bonds. The molecule has 0 saturated carbocycles. The van der Waals surface area contributed by atoms with Crippen molar-refractivity contribution in [1.82, 2.24) is 4.90 Å². The molecular weight excluding hydrogens is 112 g/mol. The van der Waals surface area contributed by atoms with E-state index >= 15 is 0 Å². The molecule has 0 aromatic heterocycles.